The van der Waals surface area contributed by atoms with E-state index in [2.05, 4.69) is 4.98 Å². The SMILES string of the molecule is Fc1ccc2[nH]cc(COc3cccc(C(F)(F)F)c3)c2c1. The van der Waals surface area contributed by atoms with Gasteiger partial charge in [-0.1, -0.05) is 6.07 Å². The highest BCUT2D eigenvalue weighted by Gasteiger charge is 2.30. The van der Waals surface area contributed by atoms with E-state index in [-0.39, 0.29) is 18.2 Å². The standard InChI is InChI=1S/C16H11F4NO/c17-12-4-5-15-14(7-12)10(8-21-15)9-22-13-3-1-2-11(6-13)16(18,19)20/h1-8,21H,9H2. The number of aromatic amines is 1. The lowest BCUT2D eigenvalue weighted by Crippen LogP contribution is -2.05. The Balaban J connectivity index is 1.81. The number of rotatable bonds is 3. The number of hydrogen-bond donors (Lipinski definition) is 1. The summed E-state index contributed by atoms with van der Waals surface area (Å²) in [6.45, 7) is 0.0464. The van der Waals surface area contributed by atoms with E-state index in [1.165, 1.54) is 24.3 Å². The summed E-state index contributed by atoms with van der Waals surface area (Å²) in [5.74, 6) is -0.270. The summed E-state index contributed by atoms with van der Waals surface area (Å²) in [6, 6.07) is 8.94. The van der Waals surface area contributed by atoms with E-state index in [1.807, 2.05) is 0 Å². The third-order valence-corrected chi connectivity index (χ3v) is 3.29. The van der Waals surface area contributed by atoms with Crippen LogP contribution in [0, 0.1) is 5.82 Å². The molecule has 1 heterocycles. The Hall–Kier alpha value is -2.50. The molecule has 0 atom stereocenters. The van der Waals surface area contributed by atoms with Crippen LogP contribution in [-0.4, -0.2) is 4.98 Å². The van der Waals surface area contributed by atoms with Gasteiger partial charge in [-0.25, -0.2) is 4.39 Å². The maximum atomic E-state index is 13.3. The number of aromatic nitrogens is 1. The first-order valence-corrected chi connectivity index (χ1v) is 6.49. The second-order valence-electron chi connectivity index (χ2n) is 4.82. The van der Waals surface area contributed by atoms with Crippen molar-refractivity contribution in [3.63, 3.8) is 0 Å². The van der Waals surface area contributed by atoms with Crippen molar-refractivity contribution < 1.29 is 22.3 Å². The first-order chi connectivity index (χ1) is 10.4. The molecular formula is C16H11F4NO. The summed E-state index contributed by atoms with van der Waals surface area (Å²) in [5, 5.41) is 0.645. The molecule has 0 bridgehead atoms. The monoisotopic (exact) mass is 309 g/mol. The smallest absolute Gasteiger partial charge is 0.416 e. The second-order valence-corrected chi connectivity index (χ2v) is 4.82. The molecule has 1 N–H and O–H groups in total. The first kappa shape index (κ1) is 14.4. The summed E-state index contributed by atoms with van der Waals surface area (Å²) in [7, 11) is 0. The number of H-pyrrole nitrogens is 1. The fourth-order valence-corrected chi connectivity index (χ4v) is 2.19. The topological polar surface area (TPSA) is 25.0 Å². The number of fused-ring (bicyclic) bond motifs is 1. The summed E-state index contributed by atoms with van der Waals surface area (Å²) in [5.41, 5.74) is 0.644. The van der Waals surface area contributed by atoms with Gasteiger partial charge < -0.3 is 9.72 Å². The number of nitrogens with one attached hydrogen (secondary N) is 1. The minimum atomic E-state index is -4.41. The minimum Gasteiger partial charge on any atom is -0.489 e. The Morgan fingerprint density at radius 2 is 1.86 bits per heavy atom. The molecule has 0 spiro atoms. The maximum Gasteiger partial charge on any atom is 0.416 e. The van der Waals surface area contributed by atoms with Gasteiger partial charge in [0.25, 0.3) is 0 Å². The van der Waals surface area contributed by atoms with Gasteiger partial charge in [0, 0.05) is 22.7 Å². The van der Waals surface area contributed by atoms with Crippen molar-refractivity contribution in [1.82, 2.24) is 4.98 Å². The van der Waals surface area contributed by atoms with Gasteiger partial charge in [-0.15, -0.1) is 0 Å². The van der Waals surface area contributed by atoms with Gasteiger partial charge >= 0.3 is 6.18 Å². The Morgan fingerprint density at radius 1 is 1.05 bits per heavy atom. The molecule has 0 aliphatic heterocycles. The van der Waals surface area contributed by atoms with Crippen LogP contribution >= 0.6 is 0 Å². The van der Waals surface area contributed by atoms with Crippen molar-refractivity contribution in [1.29, 1.82) is 0 Å². The zero-order valence-electron chi connectivity index (χ0n) is 11.2. The van der Waals surface area contributed by atoms with E-state index in [1.54, 1.807) is 12.3 Å². The highest BCUT2D eigenvalue weighted by Crippen LogP contribution is 2.31. The summed E-state index contributed by atoms with van der Waals surface area (Å²) in [4.78, 5) is 2.96. The Labute approximate surface area is 123 Å². The number of hydrogen-bond acceptors (Lipinski definition) is 1. The largest absolute Gasteiger partial charge is 0.489 e. The number of alkyl halides is 3. The molecule has 3 aromatic rings. The van der Waals surface area contributed by atoms with Crippen LogP contribution in [0.4, 0.5) is 17.6 Å². The molecule has 0 unspecified atom stereocenters. The third kappa shape index (κ3) is 2.90. The Morgan fingerprint density at radius 3 is 2.64 bits per heavy atom. The van der Waals surface area contributed by atoms with E-state index >= 15 is 0 Å². The quantitative estimate of drug-likeness (QED) is 0.684. The van der Waals surface area contributed by atoms with Crippen molar-refractivity contribution >= 4 is 10.9 Å². The molecule has 0 aliphatic rings. The number of halogens is 4. The summed E-state index contributed by atoms with van der Waals surface area (Å²) in [6.07, 6.45) is -2.76. The minimum absolute atomic E-state index is 0.0464. The van der Waals surface area contributed by atoms with Gasteiger partial charge in [0.2, 0.25) is 0 Å². The zero-order valence-corrected chi connectivity index (χ0v) is 11.2. The molecule has 1 aromatic heterocycles. The van der Waals surface area contributed by atoms with E-state index < -0.39 is 11.7 Å². The van der Waals surface area contributed by atoms with Crippen molar-refractivity contribution in [2.75, 3.05) is 0 Å². The van der Waals surface area contributed by atoms with Gasteiger partial charge in [-0.2, -0.15) is 13.2 Å². The molecule has 0 amide bonds. The lowest BCUT2D eigenvalue weighted by Gasteiger charge is -2.10. The molecular weight excluding hydrogens is 298 g/mol. The van der Waals surface area contributed by atoms with Crippen LogP contribution in [-0.2, 0) is 12.8 Å². The van der Waals surface area contributed by atoms with Crippen LogP contribution in [0.5, 0.6) is 5.75 Å². The van der Waals surface area contributed by atoms with Gasteiger partial charge in [0.15, 0.2) is 0 Å². The van der Waals surface area contributed by atoms with Crippen molar-refractivity contribution in [3.05, 3.63) is 65.6 Å². The predicted molar refractivity (Wildman–Crippen MR) is 74.0 cm³/mol. The second kappa shape index (κ2) is 5.36. The number of benzene rings is 2. The van der Waals surface area contributed by atoms with Crippen LogP contribution < -0.4 is 4.74 Å². The average molecular weight is 309 g/mol. The van der Waals surface area contributed by atoms with Crippen LogP contribution in [0.3, 0.4) is 0 Å². The van der Waals surface area contributed by atoms with Crippen LogP contribution in [0.2, 0.25) is 0 Å². The van der Waals surface area contributed by atoms with Crippen LogP contribution in [0.15, 0.2) is 48.7 Å². The lowest BCUT2D eigenvalue weighted by atomic mass is 10.2. The fourth-order valence-electron chi connectivity index (χ4n) is 2.19. The molecule has 6 heteroatoms. The van der Waals surface area contributed by atoms with Gasteiger partial charge in [-0.05, 0) is 36.4 Å². The number of ether oxygens (including phenoxy) is 1. The average Bonchev–Trinajstić information content (AvgIpc) is 2.87. The van der Waals surface area contributed by atoms with Gasteiger partial charge in [0.1, 0.15) is 18.2 Å². The molecule has 0 saturated carbocycles. The van der Waals surface area contributed by atoms with Crippen LogP contribution in [0.1, 0.15) is 11.1 Å². The Kier molecular flexibility index (Phi) is 3.52. The maximum absolute atomic E-state index is 13.3. The van der Waals surface area contributed by atoms with Gasteiger partial charge in [-0.3, -0.25) is 0 Å². The zero-order chi connectivity index (χ0) is 15.7. The molecule has 3 rings (SSSR count). The predicted octanol–water partition coefficient (Wildman–Crippen LogP) is 4.90. The van der Waals surface area contributed by atoms with Crippen molar-refractivity contribution in [2.45, 2.75) is 12.8 Å². The lowest BCUT2D eigenvalue weighted by molar-refractivity contribution is -0.137. The molecule has 2 nitrogen and oxygen atoms in total. The first-order valence-electron chi connectivity index (χ1n) is 6.49. The summed E-state index contributed by atoms with van der Waals surface area (Å²) < 4.78 is 56.5. The van der Waals surface area contributed by atoms with Crippen molar-refractivity contribution in [3.8, 4) is 5.75 Å². The van der Waals surface area contributed by atoms with E-state index in [9.17, 15) is 17.6 Å². The molecule has 2 aromatic carbocycles. The Bertz CT molecular complexity index is 807. The van der Waals surface area contributed by atoms with Gasteiger partial charge in [0.05, 0.1) is 5.56 Å². The highest BCUT2D eigenvalue weighted by atomic mass is 19.4. The van der Waals surface area contributed by atoms with E-state index in [0.717, 1.165) is 17.6 Å². The molecule has 0 saturated heterocycles. The molecule has 0 fully saturated rings. The van der Waals surface area contributed by atoms with Crippen molar-refractivity contribution in [2.24, 2.45) is 0 Å². The molecule has 0 aliphatic carbocycles. The molecule has 22 heavy (non-hydrogen) atoms. The van der Waals surface area contributed by atoms with E-state index in [0.29, 0.717) is 10.9 Å². The fraction of sp³-hybridized carbons (Fsp3) is 0.125. The summed E-state index contributed by atoms with van der Waals surface area (Å²) >= 11 is 0. The molecule has 0 radical (unpaired) electrons. The van der Waals surface area contributed by atoms with Crippen LogP contribution in [0.25, 0.3) is 10.9 Å². The molecule has 114 valence electrons. The third-order valence-electron chi connectivity index (χ3n) is 3.29. The highest BCUT2D eigenvalue weighted by molar-refractivity contribution is 5.83. The normalized spacial score (nSPS) is 11.8. The van der Waals surface area contributed by atoms with E-state index in [4.69, 9.17) is 4.74 Å².